The van der Waals surface area contributed by atoms with Crippen LogP contribution in [0.3, 0.4) is 0 Å². The number of aromatic nitrogens is 4. The van der Waals surface area contributed by atoms with E-state index in [1.165, 1.54) is 4.90 Å². The SMILES string of the molecule is CC(C)Cc1cc(C(=O)N(C)Cc2cc(-c3ccccn3)no2)nc(=O)[nH]1. The van der Waals surface area contributed by atoms with Crippen molar-refractivity contribution in [3.63, 3.8) is 0 Å². The maximum Gasteiger partial charge on any atom is 0.345 e. The second-order valence-corrected chi connectivity index (χ2v) is 6.75. The predicted molar refractivity (Wildman–Crippen MR) is 98.9 cm³/mol. The van der Waals surface area contributed by atoms with Gasteiger partial charge in [0, 0.05) is 25.0 Å². The normalized spacial score (nSPS) is 11.0. The van der Waals surface area contributed by atoms with Crippen molar-refractivity contribution in [3.05, 3.63) is 64.2 Å². The van der Waals surface area contributed by atoms with Gasteiger partial charge in [-0.05, 0) is 30.5 Å². The van der Waals surface area contributed by atoms with Crippen molar-refractivity contribution in [3.8, 4) is 11.4 Å². The van der Waals surface area contributed by atoms with Gasteiger partial charge in [-0.15, -0.1) is 0 Å². The van der Waals surface area contributed by atoms with Crippen molar-refractivity contribution in [2.24, 2.45) is 5.92 Å². The molecule has 0 aliphatic heterocycles. The lowest BCUT2D eigenvalue weighted by Gasteiger charge is -2.15. The number of H-pyrrole nitrogens is 1. The van der Waals surface area contributed by atoms with Crippen molar-refractivity contribution in [1.82, 2.24) is 25.0 Å². The monoisotopic (exact) mass is 367 g/mol. The number of amides is 1. The summed E-state index contributed by atoms with van der Waals surface area (Å²) in [6.07, 6.45) is 2.34. The van der Waals surface area contributed by atoms with Crippen molar-refractivity contribution < 1.29 is 9.32 Å². The molecule has 0 fully saturated rings. The first-order chi connectivity index (χ1) is 12.9. The molecule has 0 saturated heterocycles. The number of nitrogens with one attached hydrogen (secondary N) is 1. The van der Waals surface area contributed by atoms with Crippen LogP contribution >= 0.6 is 0 Å². The third kappa shape index (κ3) is 4.66. The zero-order valence-electron chi connectivity index (χ0n) is 15.5. The van der Waals surface area contributed by atoms with E-state index in [0.29, 0.717) is 35.2 Å². The Morgan fingerprint density at radius 3 is 2.78 bits per heavy atom. The van der Waals surface area contributed by atoms with E-state index >= 15 is 0 Å². The number of hydrogen-bond donors (Lipinski definition) is 1. The number of nitrogens with zero attached hydrogens (tertiary/aromatic N) is 4. The highest BCUT2D eigenvalue weighted by atomic mass is 16.5. The Balaban J connectivity index is 1.74. The molecule has 0 aliphatic carbocycles. The van der Waals surface area contributed by atoms with Gasteiger partial charge < -0.3 is 14.4 Å². The first-order valence-electron chi connectivity index (χ1n) is 8.65. The summed E-state index contributed by atoms with van der Waals surface area (Å²) in [5, 5.41) is 3.99. The van der Waals surface area contributed by atoms with Crippen molar-refractivity contribution in [1.29, 1.82) is 0 Å². The fourth-order valence-corrected chi connectivity index (χ4v) is 2.69. The Bertz CT molecular complexity index is 978. The second-order valence-electron chi connectivity index (χ2n) is 6.75. The quantitative estimate of drug-likeness (QED) is 0.717. The van der Waals surface area contributed by atoms with Crippen LogP contribution in [0.25, 0.3) is 11.4 Å². The minimum Gasteiger partial charge on any atom is -0.359 e. The number of aromatic amines is 1. The van der Waals surface area contributed by atoms with Gasteiger partial charge in [-0.25, -0.2) is 4.79 Å². The smallest absolute Gasteiger partial charge is 0.345 e. The molecule has 0 unspecified atom stereocenters. The molecule has 0 aliphatic rings. The van der Waals surface area contributed by atoms with E-state index in [4.69, 9.17) is 4.52 Å². The summed E-state index contributed by atoms with van der Waals surface area (Å²) in [6.45, 7) is 4.28. The van der Waals surface area contributed by atoms with Gasteiger partial charge in [0.1, 0.15) is 11.4 Å². The van der Waals surface area contributed by atoms with Gasteiger partial charge in [-0.3, -0.25) is 9.78 Å². The maximum absolute atomic E-state index is 12.7. The lowest BCUT2D eigenvalue weighted by atomic mass is 10.1. The van der Waals surface area contributed by atoms with Crippen LogP contribution in [0.5, 0.6) is 0 Å². The van der Waals surface area contributed by atoms with Gasteiger partial charge >= 0.3 is 5.69 Å². The first-order valence-corrected chi connectivity index (χ1v) is 8.65. The van der Waals surface area contributed by atoms with Gasteiger partial charge in [0.2, 0.25) is 0 Å². The number of rotatable bonds is 6. The zero-order valence-corrected chi connectivity index (χ0v) is 15.5. The Morgan fingerprint density at radius 2 is 2.07 bits per heavy atom. The van der Waals surface area contributed by atoms with Gasteiger partial charge in [0.25, 0.3) is 5.91 Å². The summed E-state index contributed by atoms with van der Waals surface area (Å²) in [5.74, 6) is 0.503. The van der Waals surface area contributed by atoms with Crippen LogP contribution in [-0.4, -0.2) is 38.0 Å². The van der Waals surface area contributed by atoms with Crippen molar-refractivity contribution in [2.75, 3.05) is 7.05 Å². The number of pyridine rings is 1. The third-order valence-corrected chi connectivity index (χ3v) is 3.87. The number of carbonyl (C=O) groups excluding carboxylic acids is 1. The molecule has 0 bridgehead atoms. The molecule has 27 heavy (non-hydrogen) atoms. The fraction of sp³-hybridized carbons (Fsp3) is 0.316. The zero-order chi connectivity index (χ0) is 19.4. The second kappa shape index (κ2) is 7.94. The van der Waals surface area contributed by atoms with Crippen LogP contribution in [0, 0.1) is 5.92 Å². The van der Waals surface area contributed by atoms with Crippen LogP contribution in [0.1, 0.15) is 35.8 Å². The average molecular weight is 367 g/mol. The van der Waals surface area contributed by atoms with Crippen LogP contribution < -0.4 is 5.69 Å². The van der Waals surface area contributed by atoms with E-state index in [0.717, 1.165) is 0 Å². The minimum atomic E-state index is -0.526. The van der Waals surface area contributed by atoms with E-state index < -0.39 is 5.69 Å². The van der Waals surface area contributed by atoms with E-state index in [9.17, 15) is 9.59 Å². The van der Waals surface area contributed by atoms with Crippen LogP contribution in [0.4, 0.5) is 0 Å². The summed E-state index contributed by atoms with van der Waals surface area (Å²) in [6, 6.07) is 8.87. The number of carbonyl (C=O) groups is 1. The largest absolute Gasteiger partial charge is 0.359 e. The van der Waals surface area contributed by atoms with Gasteiger partial charge in [-0.1, -0.05) is 25.1 Å². The van der Waals surface area contributed by atoms with Gasteiger partial charge in [0.05, 0.1) is 12.2 Å². The number of hydrogen-bond acceptors (Lipinski definition) is 6. The van der Waals surface area contributed by atoms with E-state index in [2.05, 4.69) is 20.1 Å². The van der Waals surface area contributed by atoms with Crippen molar-refractivity contribution in [2.45, 2.75) is 26.8 Å². The minimum absolute atomic E-state index is 0.112. The molecule has 8 heteroatoms. The maximum atomic E-state index is 12.7. The Kier molecular flexibility index (Phi) is 5.44. The molecule has 0 saturated carbocycles. The van der Waals surface area contributed by atoms with Crippen LogP contribution in [-0.2, 0) is 13.0 Å². The molecule has 8 nitrogen and oxygen atoms in total. The standard InChI is InChI=1S/C19H21N5O3/c1-12(2)8-13-9-17(22-19(26)21-13)18(25)24(3)11-14-10-16(23-27-14)15-6-4-5-7-20-15/h4-7,9-10,12H,8,11H2,1-3H3,(H,21,22,26). The average Bonchev–Trinajstić information content (AvgIpc) is 3.09. The molecule has 0 spiro atoms. The van der Waals surface area contributed by atoms with Crippen LogP contribution in [0.2, 0.25) is 0 Å². The molecule has 3 rings (SSSR count). The summed E-state index contributed by atoms with van der Waals surface area (Å²) in [5.41, 5.74) is 1.57. The summed E-state index contributed by atoms with van der Waals surface area (Å²) in [7, 11) is 1.62. The summed E-state index contributed by atoms with van der Waals surface area (Å²) < 4.78 is 5.30. The van der Waals surface area contributed by atoms with Crippen molar-refractivity contribution >= 4 is 5.91 Å². The Morgan fingerprint density at radius 1 is 1.26 bits per heavy atom. The highest BCUT2D eigenvalue weighted by Crippen LogP contribution is 2.17. The molecule has 140 valence electrons. The molecule has 0 radical (unpaired) electrons. The van der Waals surface area contributed by atoms with Gasteiger partial charge in [0.15, 0.2) is 5.76 Å². The Labute approximate surface area is 156 Å². The Hall–Kier alpha value is -3.29. The highest BCUT2D eigenvalue weighted by Gasteiger charge is 2.18. The molecule has 3 aromatic rings. The van der Waals surface area contributed by atoms with Crippen LogP contribution in [0.15, 0.2) is 45.8 Å². The van der Waals surface area contributed by atoms with E-state index in [1.807, 2.05) is 32.0 Å². The molecule has 3 heterocycles. The molecule has 0 aromatic carbocycles. The fourth-order valence-electron chi connectivity index (χ4n) is 2.69. The molecular weight excluding hydrogens is 346 g/mol. The molecule has 0 atom stereocenters. The van der Waals surface area contributed by atoms with Gasteiger partial charge in [-0.2, -0.15) is 4.98 Å². The first kappa shape index (κ1) is 18.5. The molecule has 1 N–H and O–H groups in total. The topological polar surface area (TPSA) is 105 Å². The third-order valence-electron chi connectivity index (χ3n) is 3.87. The molecular formula is C19H21N5O3. The summed E-state index contributed by atoms with van der Waals surface area (Å²) >= 11 is 0. The lowest BCUT2D eigenvalue weighted by Crippen LogP contribution is -2.29. The van der Waals surface area contributed by atoms with E-state index in [1.54, 1.807) is 25.4 Å². The van der Waals surface area contributed by atoms with E-state index in [-0.39, 0.29) is 18.1 Å². The highest BCUT2D eigenvalue weighted by molar-refractivity contribution is 5.92. The molecule has 1 amide bonds. The summed E-state index contributed by atoms with van der Waals surface area (Å²) in [4.78, 5) is 36.5. The lowest BCUT2D eigenvalue weighted by molar-refractivity contribution is 0.0765. The molecule has 3 aromatic heterocycles. The predicted octanol–water partition coefficient (Wildman–Crippen LogP) is 2.29.